The minimum Gasteiger partial charge on any atom is -0.321 e. The van der Waals surface area contributed by atoms with Crippen molar-refractivity contribution < 1.29 is 22.0 Å². The fourth-order valence-electron chi connectivity index (χ4n) is 2.87. The normalized spacial score (nSPS) is 11.3. The second-order valence-corrected chi connectivity index (χ2v) is 8.28. The maximum atomic E-state index is 13.3. The summed E-state index contributed by atoms with van der Waals surface area (Å²) in [5.41, 5.74) is 1.54. The van der Waals surface area contributed by atoms with Crippen LogP contribution >= 0.6 is 0 Å². The first-order valence-electron chi connectivity index (χ1n) is 9.07. The number of rotatable bonds is 5. The first kappa shape index (κ1) is 20.4. The monoisotopic (exact) mass is 439 g/mol. The molecule has 0 aliphatic rings. The van der Waals surface area contributed by atoms with Crippen LogP contribution in [0.2, 0.25) is 0 Å². The number of hydrogen-bond acceptors (Lipinski definition) is 4. The Morgan fingerprint density at radius 1 is 0.806 bits per heavy atom. The second-order valence-electron chi connectivity index (χ2n) is 6.60. The number of pyridine rings is 1. The van der Waals surface area contributed by atoms with Crippen molar-refractivity contribution in [1.82, 2.24) is 4.98 Å². The Balaban J connectivity index is 1.47. The van der Waals surface area contributed by atoms with Gasteiger partial charge in [-0.05, 0) is 54.6 Å². The molecule has 4 rings (SSSR count). The predicted octanol–water partition coefficient (Wildman–Crippen LogP) is 4.57. The Morgan fingerprint density at radius 2 is 1.52 bits per heavy atom. The van der Waals surface area contributed by atoms with E-state index in [1.165, 1.54) is 24.3 Å². The number of nitrogens with zero attached hydrogens (tertiary/aromatic N) is 1. The highest BCUT2D eigenvalue weighted by molar-refractivity contribution is 7.92. The lowest BCUT2D eigenvalue weighted by molar-refractivity contribution is 0.102. The molecule has 156 valence electrons. The smallest absolute Gasteiger partial charge is 0.274 e. The molecule has 0 saturated carbocycles. The first-order chi connectivity index (χ1) is 14.8. The van der Waals surface area contributed by atoms with E-state index in [-0.39, 0.29) is 11.4 Å². The maximum absolute atomic E-state index is 13.3. The van der Waals surface area contributed by atoms with Gasteiger partial charge in [0.1, 0.15) is 5.69 Å². The van der Waals surface area contributed by atoms with E-state index < -0.39 is 32.5 Å². The van der Waals surface area contributed by atoms with Gasteiger partial charge in [-0.15, -0.1) is 0 Å². The predicted molar refractivity (Wildman–Crippen MR) is 113 cm³/mol. The average Bonchev–Trinajstić information content (AvgIpc) is 2.76. The Hall–Kier alpha value is -3.85. The van der Waals surface area contributed by atoms with Crippen LogP contribution in [0.4, 0.5) is 20.2 Å². The number of para-hydroxylation sites is 1. The fraction of sp³-hybridized carbons (Fsp3) is 0. The molecule has 0 radical (unpaired) electrons. The molecule has 1 aromatic heterocycles. The number of amides is 1. The number of benzene rings is 3. The van der Waals surface area contributed by atoms with Gasteiger partial charge in [-0.1, -0.05) is 24.3 Å². The molecule has 2 N–H and O–H groups in total. The van der Waals surface area contributed by atoms with Crippen molar-refractivity contribution in [3.05, 3.63) is 96.2 Å². The highest BCUT2D eigenvalue weighted by atomic mass is 32.2. The average molecular weight is 439 g/mol. The number of fused-ring (bicyclic) bond motifs is 1. The molecule has 1 heterocycles. The Bertz CT molecular complexity index is 1390. The maximum Gasteiger partial charge on any atom is 0.274 e. The quantitative estimate of drug-likeness (QED) is 0.477. The third kappa shape index (κ3) is 4.51. The fourth-order valence-corrected chi connectivity index (χ4v) is 3.94. The van der Waals surface area contributed by atoms with E-state index in [9.17, 15) is 22.0 Å². The molecule has 0 spiro atoms. The lowest BCUT2D eigenvalue weighted by Crippen LogP contribution is -2.15. The van der Waals surface area contributed by atoms with Crippen molar-refractivity contribution in [3.63, 3.8) is 0 Å². The van der Waals surface area contributed by atoms with Crippen LogP contribution in [-0.2, 0) is 10.0 Å². The number of aromatic nitrogens is 1. The summed E-state index contributed by atoms with van der Waals surface area (Å²) in [6, 6.07) is 19.0. The largest absolute Gasteiger partial charge is 0.321 e. The number of hydrogen-bond donors (Lipinski definition) is 2. The van der Waals surface area contributed by atoms with Crippen molar-refractivity contribution in [1.29, 1.82) is 0 Å². The molecular formula is C22H15F2N3O3S. The van der Waals surface area contributed by atoms with E-state index in [2.05, 4.69) is 15.0 Å². The number of carbonyl (C=O) groups excluding carboxylic acids is 1. The van der Waals surface area contributed by atoms with Crippen LogP contribution in [0.25, 0.3) is 10.9 Å². The van der Waals surface area contributed by atoms with E-state index in [0.29, 0.717) is 17.3 Å². The molecule has 0 saturated heterocycles. The molecule has 1 amide bonds. The van der Waals surface area contributed by atoms with Gasteiger partial charge in [-0.25, -0.2) is 22.2 Å². The van der Waals surface area contributed by atoms with Crippen molar-refractivity contribution in [2.24, 2.45) is 0 Å². The molecule has 0 aliphatic carbocycles. The number of carbonyl (C=O) groups is 1. The molecule has 0 atom stereocenters. The summed E-state index contributed by atoms with van der Waals surface area (Å²) in [4.78, 5) is 16.4. The summed E-state index contributed by atoms with van der Waals surface area (Å²) < 4.78 is 53.3. The van der Waals surface area contributed by atoms with E-state index >= 15 is 0 Å². The summed E-state index contributed by atoms with van der Waals surface area (Å²) in [7, 11) is -4.11. The van der Waals surface area contributed by atoms with E-state index in [1.54, 1.807) is 18.2 Å². The molecule has 4 aromatic rings. The SMILES string of the molecule is O=C(Nc1ccc(NS(=O)(=O)c2ccc(F)c(F)c2)cc1)c1ccc2ccccc2n1. The molecular weight excluding hydrogens is 424 g/mol. The lowest BCUT2D eigenvalue weighted by Gasteiger charge is -2.10. The zero-order valence-electron chi connectivity index (χ0n) is 15.8. The van der Waals surface area contributed by atoms with Gasteiger partial charge in [0.2, 0.25) is 0 Å². The zero-order chi connectivity index (χ0) is 22.0. The van der Waals surface area contributed by atoms with Gasteiger partial charge in [0.15, 0.2) is 11.6 Å². The zero-order valence-corrected chi connectivity index (χ0v) is 16.7. The van der Waals surface area contributed by atoms with Gasteiger partial charge in [-0.3, -0.25) is 9.52 Å². The third-order valence-electron chi connectivity index (χ3n) is 4.43. The Labute approximate surface area is 176 Å². The standard InChI is InChI=1S/C22H15F2N3O3S/c23-18-11-10-17(13-19(18)24)31(29,30)27-16-8-6-15(7-9-16)25-22(28)21-12-5-14-3-1-2-4-20(14)26-21/h1-13,27H,(H,25,28). The minimum absolute atomic E-state index is 0.187. The Morgan fingerprint density at radius 3 is 2.26 bits per heavy atom. The van der Waals surface area contributed by atoms with Crippen LogP contribution in [0.3, 0.4) is 0 Å². The van der Waals surface area contributed by atoms with Gasteiger partial charge in [0, 0.05) is 16.8 Å². The van der Waals surface area contributed by atoms with Crippen molar-refractivity contribution in [3.8, 4) is 0 Å². The van der Waals surface area contributed by atoms with Crippen LogP contribution in [0.1, 0.15) is 10.5 Å². The first-order valence-corrected chi connectivity index (χ1v) is 10.6. The van der Waals surface area contributed by atoms with Crippen LogP contribution < -0.4 is 10.0 Å². The van der Waals surface area contributed by atoms with Gasteiger partial charge >= 0.3 is 0 Å². The number of sulfonamides is 1. The van der Waals surface area contributed by atoms with E-state index in [1.807, 2.05) is 18.2 Å². The van der Waals surface area contributed by atoms with Gasteiger partial charge in [0.25, 0.3) is 15.9 Å². The van der Waals surface area contributed by atoms with Gasteiger partial charge in [-0.2, -0.15) is 0 Å². The molecule has 6 nitrogen and oxygen atoms in total. The van der Waals surface area contributed by atoms with Crippen LogP contribution in [0, 0.1) is 11.6 Å². The molecule has 0 unspecified atom stereocenters. The molecule has 0 aliphatic heterocycles. The summed E-state index contributed by atoms with van der Waals surface area (Å²) >= 11 is 0. The van der Waals surface area contributed by atoms with Crippen molar-refractivity contribution in [2.45, 2.75) is 4.90 Å². The summed E-state index contributed by atoms with van der Waals surface area (Å²) in [5, 5.41) is 3.60. The Kier molecular flexibility index (Phi) is 5.35. The van der Waals surface area contributed by atoms with Crippen molar-refractivity contribution in [2.75, 3.05) is 10.0 Å². The molecule has 0 bridgehead atoms. The van der Waals surface area contributed by atoms with Gasteiger partial charge < -0.3 is 5.32 Å². The molecule has 31 heavy (non-hydrogen) atoms. The summed E-state index contributed by atoms with van der Waals surface area (Å²) in [6.07, 6.45) is 0. The third-order valence-corrected chi connectivity index (χ3v) is 5.81. The molecule has 9 heteroatoms. The van der Waals surface area contributed by atoms with Crippen LogP contribution in [0.15, 0.2) is 83.8 Å². The van der Waals surface area contributed by atoms with Gasteiger partial charge in [0.05, 0.1) is 10.4 Å². The number of nitrogens with one attached hydrogen (secondary N) is 2. The summed E-state index contributed by atoms with van der Waals surface area (Å²) in [5.74, 6) is -2.82. The lowest BCUT2D eigenvalue weighted by atomic mass is 10.2. The molecule has 3 aromatic carbocycles. The van der Waals surface area contributed by atoms with E-state index in [4.69, 9.17) is 0 Å². The van der Waals surface area contributed by atoms with Crippen molar-refractivity contribution >= 4 is 38.2 Å². The highest BCUT2D eigenvalue weighted by Crippen LogP contribution is 2.20. The summed E-state index contributed by atoms with van der Waals surface area (Å²) in [6.45, 7) is 0. The highest BCUT2D eigenvalue weighted by Gasteiger charge is 2.17. The minimum atomic E-state index is -4.11. The van der Waals surface area contributed by atoms with Crippen LogP contribution in [0.5, 0.6) is 0 Å². The molecule has 0 fully saturated rings. The van der Waals surface area contributed by atoms with Crippen LogP contribution in [-0.4, -0.2) is 19.3 Å². The van der Waals surface area contributed by atoms with E-state index in [0.717, 1.165) is 17.5 Å². The topological polar surface area (TPSA) is 88.2 Å². The number of anilines is 2. The second kappa shape index (κ2) is 8.11. The number of halogens is 2.